The van der Waals surface area contributed by atoms with E-state index in [4.69, 9.17) is 5.11 Å². The highest BCUT2D eigenvalue weighted by Crippen LogP contribution is 2.71. The Morgan fingerprint density at radius 3 is 2.47 bits per heavy atom. The summed E-state index contributed by atoms with van der Waals surface area (Å²) in [6, 6.07) is 8.73. The molecule has 2 unspecified atom stereocenters. The Morgan fingerprint density at radius 1 is 1.12 bits per heavy atom. The maximum atomic E-state index is 13.9. The number of unbranched alkanes of at least 4 members (excludes halogenated alkanes) is 2. The maximum absolute atomic E-state index is 13.9. The van der Waals surface area contributed by atoms with Gasteiger partial charge in [-0.1, -0.05) is 18.2 Å². The standard InChI is InChI=1S/C26H37N3O4S/c1-24(2,3)28-22(32)20-26-14-13-25(4,34-26)18(21(31)27-17-11-7-5-8-12-17)19(26)23(33)29(20)15-9-6-10-16-30/h5,7-8,11-12,18-20,30H,6,9-10,13-16H2,1-4H3,(H,27,31)(H,28,32)/t18-,19-,20?,25+,26?/m0/s1. The van der Waals surface area contributed by atoms with Crippen molar-refractivity contribution in [3.63, 3.8) is 0 Å². The third kappa shape index (κ3) is 4.35. The number of amides is 3. The summed E-state index contributed by atoms with van der Waals surface area (Å²) in [5.41, 5.74) is 0.290. The van der Waals surface area contributed by atoms with Gasteiger partial charge in [-0.25, -0.2) is 0 Å². The zero-order valence-electron chi connectivity index (χ0n) is 20.6. The van der Waals surface area contributed by atoms with Gasteiger partial charge in [-0.3, -0.25) is 14.4 Å². The second-order valence-electron chi connectivity index (χ2n) is 11.1. The number of hydrogen-bond acceptors (Lipinski definition) is 5. The Hall–Kier alpha value is -2.06. The summed E-state index contributed by atoms with van der Waals surface area (Å²) in [6.07, 6.45) is 3.72. The Bertz CT molecular complexity index is 949. The molecule has 5 atom stereocenters. The van der Waals surface area contributed by atoms with Gasteiger partial charge in [-0.05, 0) is 71.9 Å². The first kappa shape index (κ1) is 25.0. The molecule has 34 heavy (non-hydrogen) atoms. The molecule has 3 N–H and O–H groups in total. The number of thioether (sulfide) groups is 1. The number of likely N-dealkylation sites (tertiary alicyclic amines) is 1. The number of carbonyl (C=O) groups excluding carboxylic acids is 3. The Morgan fingerprint density at radius 2 is 1.82 bits per heavy atom. The summed E-state index contributed by atoms with van der Waals surface area (Å²) in [4.78, 5) is 42.9. The minimum absolute atomic E-state index is 0.0813. The number of para-hydroxylation sites is 1. The predicted molar refractivity (Wildman–Crippen MR) is 134 cm³/mol. The lowest BCUT2D eigenvalue weighted by Gasteiger charge is -2.36. The molecule has 0 radical (unpaired) electrons. The van der Waals surface area contributed by atoms with Crippen LogP contribution < -0.4 is 10.6 Å². The third-order valence-corrected chi connectivity index (χ3v) is 9.39. The van der Waals surface area contributed by atoms with E-state index in [0.717, 1.165) is 25.7 Å². The monoisotopic (exact) mass is 487 g/mol. The van der Waals surface area contributed by atoms with E-state index in [1.54, 1.807) is 16.7 Å². The van der Waals surface area contributed by atoms with E-state index in [1.165, 1.54) is 0 Å². The van der Waals surface area contributed by atoms with Crippen molar-refractivity contribution < 1.29 is 19.5 Å². The minimum Gasteiger partial charge on any atom is -0.396 e. The van der Waals surface area contributed by atoms with Gasteiger partial charge in [0.2, 0.25) is 17.7 Å². The normalized spacial score (nSPS) is 32.1. The van der Waals surface area contributed by atoms with Crippen LogP contribution in [0.25, 0.3) is 0 Å². The molecule has 1 aromatic carbocycles. The third-order valence-electron chi connectivity index (χ3n) is 7.40. The molecule has 8 heteroatoms. The van der Waals surface area contributed by atoms with Crippen LogP contribution in [-0.2, 0) is 14.4 Å². The number of aliphatic hydroxyl groups is 1. The second-order valence-corrected chi connectivity index (χ2v) is 13.0. The van der Waals surface area contributed by atoms with Gasteiger partial charge < -0.3 is 20.6 Å². The first-order valence-electron chi connectivity index (χ1n) is 12.3. The average Bonchev–Trinajstić information content (AvgIpc) is 3.31. The van der Waals surface area contributed by atoms with Crippen molar-refractivity contribution in [3.05, 3.63) is 30.3 Å². The van der Waals surface area contributed by atoms with Gasteiger partial charge in [0.05, 0.1) is 16.6 Å². The average molecular weight is 488 g/mol. The Labute approximate surface area is 206 Å². The van der Waals surface area contributed by atoms with Crippen LogP contribution in [0, 0.1) is 11.8 Å². The number of hydrogen-bond donors (Lipinski definition) is 3. The van der Waals surface area contributed by atoms with Crippen LogP contribution in [-0.4, -0.2) is 62.0 Å². The summed E-state index contributed by atoms with van der Waals surface area (Å²) < 4.78 is -0.987. The van der Waals surface area contributed by atoms with Crippen molar-refractivity contribution in [2.45, 2.75) is 80.9 Å². The van der Waals surface area contributed by atoms with Gasteiger partial charge >= 0.3 is 0 Å². The van der Waals surface area contributed by atoms with Crippen LogP contribution in [0.4, 0.5) is 5.69 Å². The van der Waals surface area contributed by atoms with Crippen LogP contribution in [0.5, 0.6) is 0 Å². The predicted octanol–water partition coefficient (Wildman–Crippen LogP) is 3.18. The molecule has 0 aliphatic carbocycles. The lowest BCUT2D eigenvalue weighted by Crippen LogP contribution is -2.57. The SMILES string of the molecule is CC(C)(C)NC(=O)C1N(CCCCCO)C(=O)[C@@H]2[C@@H](C(=O)Nc3ccccc3)[C@@]3(C)CCC12S3. The molecule has 0 aromatic heterocycles. The molecule has 3 heterocycles. The minimum atomic E-state index is -0.600. The van der Waals surface area contributed by atoms with Crippen molar-refractivity contribution in [1.29, 1.82) is 0 Å². The first-order valence-corrected chi connectivity index (χ1v) is 13.1. The Kier molecular flexibility index (Phi) is 6.77. The lowest BCUT2D eigenvalue weighted by atomic mass is 9.66. The molecule has 1 aromatic rings. The molecular weight excluding hydrogens is 450 g/mol. The highest BCUT2D eigenvalue weighted by molar-refractivity contribution is 8.02. The number of rotatable bonds is 8. The van der Waals surface area contributed by atoms with Crippen LogP contribution in [0.1, 0.15) is 59.8 Å². The molecule has 186 valence electrons. The molecule has 2 bridgehead atoms. The summed E-state index contributed by atoms with van der Waals surface area (Å²) in [5.74, 6) is -1.37. The van der Waals surface area contributed by atoms with Gasteiger partial charge in [0.1, 0.15) is 6.04 Å². The molecule has 3 saturated heterocycles. The molecule has 3 aliphatic rings. The van der Waals surface area contributed by atoms with E-state index < -0.39 is 28.2 Å². The molecule has 7 nitrogen and oxygen atoms in total. The van der Waals surface area contributed by atoms with E-state index in [-0.39, 0.29) is 29.1 Å². The van der Waals surface area contributed by atoms with Crippen molar-refractivity contribution in [3.8, 4) is 0 Å². The quantitative estimate of drug-likeness (QED) is 0.489. The molecular formula is C26H37N3O4S. The van der Waals surface area contributed by atoms with Gasteiger partial charge in [-0.15, -0.1) is 11.8 Å². The fraction of sp³-hybridized carbons (Fsp3) is 0.654. The summed E-state index contributed by atoms with van der Waals surface area (Å²) in [6.45, 7) is 8.49. The van der Waals surface area contributed by atoms with Crippen LogP contribution in [0.2, 0.25) is 0 Å². The zero-order chi connectivity index (χ0) is 24.7. The fourth-order valence-electron chi connectivity index (χ4n) is 6.12. The molecule has 0 saturated carbocycles. The van der Waals surface area contributed by atoms with Crippen molar-refractivity contribution in [2.75, 3.05) is 18.5 Å². The fourth-order valence-corrected chi connectivity index (χ4v) is 8.47. The molecule has 1 spiro atoms. The number of carbonyl (C=O) groups is 3. The van der Waals surface area contributed by atoms with Crippen LogP contribution in [0.3, 0.4) is 0 Å². The smallest absolute Gasteiger partial charge is 0.244 e. The molecule has 3 fully saturated rings. The van der Waals surface area contributed by atoms with E-state index in [0.29, 0.717) is 18.7 Å². The topological polar surface area (TPSA) is 98.7 Å². The Balaban J connectivity index is 1.67. The largest absolute Gasteiger partial charge is 0.396 e. The van der Waals surface area contributed by atoms with Gasteiger partial charge in [0.15, 0.2) is 0 Å². The maximum Gasteiger partial charge on any atom is 0.244 e. The van der Waals surface area contributed by atoms with Crippen molar-refractivity contribution in [1.82, 2.24) is 10.2 Å². The number of fused-ring (bicyclic) bond motifs is 1. The van der Waals surface area contributed by atoms with Gasteiger partial charge in [0, 0.05) is 29.1 Å². The zero-order valence-corrected chi connectivity index (χ0v) is 21.4. The molecule has 3 aliphatic heterocycles. The highest BCUT2D eigenvalue weighted by Gasteiger charge is 2.77. The van der Waals surface area contributed by atoms with E-state index in [9.17, 15) is 14.4 Å². The summed E-state index contributed by atoms with van der Waals surface area (Å²) >= 11 is 1.69. The summed E-state index contributed by atoms with van der Waals surface area (Å²) in [7, 11) is 0. The number of aliphatic hydroxyl groups excluding tert-OH is 1. The van der Waals surface area contributed by atoms with Crippen molar-refractivity contribution in [2.24, 2.45) is 11.8 Å². The molecule has 4 rings (SSSR count). The van der Waals surface area contributed by atoms with Crippen molar-refractivity contribution >= 4 is 35.2 Å². The number of benzene rings is 1. The number of nitrogens with one attached hydrogen (secondary N) is 2. The van der Waals surface area contributed by atoms with E-state index >= 15 is 0 Å². The lowest BCUT2D eigenvalue weighted by molar-refractivity contribution is -0.139. The van der Waals surface area contributed by atoms with Crippen LogP contribution in [0.15, 0.2) is 30.3 Å². The van der Waals surface area contributed by atoms with E-state index in [1.807, 2.05) is 51.1 Å². The number of anilines is 1. The van der Waals surface area contributed by atoms with Gasteiger partial charge in [-0.2, -0.15) is 0 Å². The molecule has 3 amide bonds. The summed E-state index contributed by atoms with van der Waals surface area (Å²) in [5, 5.41) is 15.3. The first-order chi connectivity index (χ1) is 16.0. The van der Waals surface area contributed by atoms with E-state index in [2.05, 4.69) is 17.6 Å². The van der Waals surface area contributed by atoms with Gasteiger partial charge in [0.25, 0.3) is 0 Å². The van der Waals surface area contributed by atoms with Crippen LogP contribution >= 0.6 is 11.8 Å². The number of nitrogens with zero attached hydrogens (tertiary/aromatic N) is 1. The highest BCUT2D eigenvalue weighted by atomic mass is 32.2. The second kappa shape index (κ2) is 9.19.